The van der Waals surface area contributed by atoms with Gasteiger partial charge >= 0.3 is 5.97 Å². The van der Waals surface area contributed by atoms with Gasteiger partial charge in [-0.1, -0.05) is 32.4 Å². The highest BCUT2D eigenvalue weighted by Crippen LogP contribution is 2.24. The number of carboxylic acids is 1. The van der Waals surface area contributed by atoms with Crippen molar-refractivity contribution in [3.05, 3.63) is 34.6 Å². The molecule has 6 heteroatoms. The van der Waals surface area contributed by atoms with E-state index in [1.807, 2.05) is 20.8 Å². The number of carbonyl (C=O) groups excluding carboxylic acids is 1. The van der Waals surface area contributed by atoms with E-state index >= 15 is 0 Å². The van der Waals surface area contributed by atoms with Crippen molar-refractivity contribution in [3.63, 3.8) is 0 Å². The molecule has 2 N–H and O–H groups in total. The van der Waals surface area contributed by atoms with E-state index in [-0.39, 0.29) is 22.5 Å². The Morgan fingerprint density at radius 1 is 1.38 bits per heavy atom. The highest BCUT2D eigenvalue weighted by Gasteiger charge is 2.25. The maximum atomic E-state index is 13.3. The lowest BCUT2D eigenvalue weighted by Crippen LogP contribution is -2.35. The first-order valence-electron chi connectivity index (χ1n) is 6.56. The van der Waals surface area contributed by atoms with Gasteiger partial charge in [-0.2, -0.15) is 0 Å². The molecule has 1 unspecified atom stereocenters. The van der Waals surface area contributed by atoms with E-state index in [0.29, 0.717) is 6.42 Å². The number of nitrogens with one attached hydrogen (secondary N) is 1. The van der Waals surface area contributed by atoms with E-state index in [2.05, 4.69) is 5.32 Å². The van der Waals surface area contributed by atoms with Crippen LogP contribution in [-0.2, 0) is 4.79 Å². The molecule has 0 aliphatic rings. The van der Waals surface area contributed by atoms with Gasteiger partial charge in [-0.05, 0) is 30.0 Å². The number of benzene rings is 1. The molecule has 1 aromatic rings. The van der Waals surface area contributed by atoms with Gasteiger partial charge in [-0.25, -0.2) is 4.39 Å². The second kappa shape index (κ2) is 6.89. The van der Waals surface area contributed by atoms with Gasteiger partial charge in [0.25, 0.3) is 5.91 Å². The van der Waals surface area contributed by atoms with Crippen LogP contribution in [0.1, 0.15) is 37.6 Å². The molecule has 0 saturated heterocycles. The Morgan fingerprint density at radius 2 is 2.00 bits per heavy atom. The van der Waals surface area contributed by atoms with Gasteiger partial charge in [0.15, 0.2) is 0 Å². The quantitative estimate of drug-likeness (QED) is 0.875. The van der Waals surface area contributed by atoms with E-state index in [4.69, 9.17) is 11.6 Å². The van der Waals surface area contributed by atoms with Crippen LogP contribution in [0.4, 0.5) is 4.39 Å². The minimum Gasteiger partial charge on any atom is -0.481 e. The van der Waals surface area contributed by atoms with Crippen molar-refractivity contribution < 1.29 is 19.1 Å². The summed E-state index contributed by atoms with van der Waals surface area (Å²) in [5, 5.41) is 11.6. The van der Waals surface area contributed by atoms with Crippen molar-refractivity contribution in [2.75, 3.05) is 6.54 Å². The second-order valence-corrected chi connectivity index (χ2v) is 6.55. The summed E-state index contributed by atoms with van der Waals surface area (Å²) in [6, 6.07) is 3.70. The molecule has 0 aliphatic heterocycles. The van der Waals surface area contributed by atoms with Gasteiger partial charge in [-0.15, -0.1) is 0 Å². The molecule has 1 rings (SSSR count). The average molecular weight is 316 g/mol. The Balaban J connectivity index is 2.69. The predicted octanol–water partition coefficient (Wildman–Crippen LogP) is 3.35. The Kier molecular flexibility index (Phi) is 5.72. The van der Waals surface area contributed by atoms with Gasteiger partial charge in [0, 0.05) is 12.1 Å². The van der Waals surface area contributed by atoms with E-state index in [9.17, 15) is 19.1 Å². The lowest BCUT2D eigenvalue weighted by atomic mass is 9.84. The van der Waals surface area contributed by atoms with Crippen molar-refractivity contribution in [3.8, 4) is 0 Å². The van der Waals surface area contributed by atoms with Crippen LogP contribution in [0.2, 0.25) is 5.02 Å². The van der Waals surface area contributed by atoms with Crippen LogP contribution in [0.3, 0.4) is 0 Å². The van der Waals surface area contributed by atoms with Gasteiger partial charge < -0.3 is 10.4 Å². The third kappa shape index (κ3) is 5.71. The first-order chi connectivity index (χ1) is 9.60. The fraction of sp³-hybridized carbons (Fsp3) is 0.467. The summed E-state index contributed by atoms with van der Waals surface area (Å²) >= 11 is 5.54. The Labute approximate surface area is 128 Å². The molecule has 0 radical (unpaired) electrons. The summed E-state index contributed by atoms with van der Waals surface area (Å²) in [5.41, 5.74) is -0.0584. The smallest absolute Gasteiger partial charge is 0.308 e. The summed E-state index contributed by atoms with van der Waals surface area (Å²) in [4.78, 5) is 23.1. The van der Waals surface area contributed by atoms with E-state index in [1.165, 1.54) is 12.1 Å². The van der Waals surface area contributed by atoms with Crippen LogP contribution in [0.15, 0.2) is 18.2 Å². The number of carbonyl (C=O) groups is 2. The molecule has 21 heavy (non-hydrogen) atoms. The first kappa shape index (κ1) is 17.4. The average Bonchev–Trinajstić information content (AvgIpc) is 2.35. The number of rotatable bonds is 5. The van der Waals surface area contributed by atoms with E-state index < -0.39 is 23.6 Å². The van der Waals surface area contributed by atoms with Gasteiger partial charge in [0.1, 0.15) is 5.82 Å². The molecule has 1 aromatic carbocycles. The fourth-order valence-electron chi connectivity index (χ4n) is 1.94. The molecule has 0 saturated carbocycles. The Morgan fingerprint density at radius 3 is 2.48 bits per heavy atom. The molecule has 0 heterocycles. The standard InChI is InChI=1S/C15H19ClFNO3/c1-15(2,3)7-10(14(20)21)8-18-13(19)9-4-5-11(16)12(17)6-9/h4-6,10H,7-8H2,1-3H3,(H,18,19)(H,20,21). The molecule has 0 fully saturated rings. The normalized spacial score (nSPS) is 12.8. The van der Waals surface area contributed by atoms with Gasteiger partial charge in [-0.3, -0.25) is 9.59 Å². The molecule has 116 valence electrons. The molecule has 0 bridgehead atoms. The molecule has 0 spiro atoms. The molecule has 1 amide bonds. The largest absolute Gasteiger partial charge is 0.481 e. The Bertz CT molecular complexity index is 540. The molecule has 0 aromatic heterocycles. The van der Waals surface area contributed by atoms with E-state index in [1.54, 1.807) is 0 Å². The predicted molar refractivity (Wildman–Crippen MR) is 78.9 cm³/mol. The molecular weight excluding hydrogens is 297 g/mol. The monoisotopic (exact) mass is 315 g/mol. The number of halogens is 2. The number of amides is 1. The van der Waals surface area contributed by atoms with Crippen molar-refractivity contribution in [1.82, 2.24) is 5.32 Å². The van der Waals surface area contributed by atoms with Crippen molar-refractivity contribution >= 4 is 23.5 Å². The highest BCUT2D eigenvalue weighted by atomic mass is 35.5. The molecule has 0 aliphatic carbocycles. The summed E-state index contributed by atoms with van der Waals surface area (Å²) in [5.74, 6) is -2.86. The zero-order valence-electron chi connectivity index (χ0n) is 12.2. The molecule has 4 nitrogen and oxygen atoms in total. The number of hydrogen-bond donors (Lipinski definition) is 2. The SMILES string of the molecule is CC(C)(C)CC(CNC(=O)c1ccc(Cl)c(F)c1)C(=O)O. The van der Waals surface area contributed by atoms with Crippen LogP contribution in [0, 0.1) is 17.2 Å². The van der Waals surface area contributed by atoms with Gasteiger partial charge in [0.05, 0.1) is 10.9 Å². The van der Waals surface area contributed by atoms with Crippen molar-refractivity contribution in [2.24, 2.45) is 11.3 Å². The zero-order valence-corrected chi connectivity index (χ0v) is 13.0. The fourth-order valence-corrected chi connectivity index (χ4v) is 2.06. The lowest BCUT2D eigenvalue weighted by Gasteiger charge is -2.23. The summed E-state index contributed by atoms with van der Waals surface area (Å²) < 4.78 is 13.3. The molecule has 1 atom stereocenters. The van der Waals surface area contributed by atoms with E-state index in [0.717, 1.165) is 6.07 Å². The maximum absolute atomic E-state index is 13.3. The van der Waals surface area contributed by atoms with Crippen LogP contribution in [-0.4, -0.2) is 23.5 Å². The van der Waals surface area contributed by atoms with Crippen LogP contribution < -0.4 is 5.32 Å². The first-order valence-corrected chi connectivity index (χ1v) is 6.94. The minimum absolute atomic E-state index is 0.00428. The summed E-state index contributed by atoms with van der Waals surface area (Å²) in [6.07, 6.45) is 0.428. The minimum atomic E-state index is -0.965. The third-order valence-electron chi connectivity index (χ3n) is 2.90. The van der Waals surface area contributed by atoms with Crippen molar-refractivity contribution in [1.29, 1.82) is 0 Å². The zero-order chi connectivity index (χ0) is 16.2. The van der Waals surface area contributed by atoms with Crippen LogP contribution in [0.25, 0.3) is 0 Å². The second-order valence-electron chi connectivity index (χ2n) is 6.14. The van der Waals surface area contributed by atoms with Crippen molar-refractivity contribution in [2.45, 2.75) is 27.2 Å². The summed E-state index contributed by atoms with van der Waals surface area (Å²) in [6.45, 7) is 5.79. The summed E-state index contributed by atoms with van der Waals surface area (Å²) in [7, 11) is 0. The Hall–Kier alpha value is -1.62. The lowest BCUT2D eigenvalue weighted by molar-refractivity contribution is -0.142. The number of aliphatic carboxylic acids is 1. The van der Waals surface area contributed by atoms with Crippen LogP contribution in [0.5, 0.6) is 0 Å². The topological polar surface area (TPSA) is 66.4 Å². The van der Waals surface area contributed by atoms with Gasteiger partial charge in [0.2, 0.25) is 0 Å². The van der Waals surface area contributed by atoms with Crippen LogP contribution >= 0.6 is 11.6 Å². The number of hydrogen-bond acceptors (Lipinski definition) is 2. The number of carboxylic acid groups (broad SMARTS) is 1. The third-order valence-corrected chi connectivity index (χ3v) is 3.21. The molecular formula is C15H19ClFNO3. The maximum Gasteiger partial charge on any atom is 0.308 e. The highest BCUT2D eigenvalue weighted by molar-refractivity contribution is 6.30.